The van der Waals surface area contributed by atoms with E-state index in [4.69, 9.17) is 0 Å². The molecule has 0 aliphatic carbocycles. The molecule has 0 aliphatic heterocycles. The first kappa shape index (κ1) is 7.54. The van der Waals surface area contributed by atoms with Crippen molar-refractivity contribution >= 4 is 16.5 Å². The molecule has 0 radical (unpaired) electrons. The summed E-state index contributed by atoms with van der Waals surface area (Å²) in [6, 6.07) is 0. The maximum atomic E-state index is 4.33. The van der Waals surface area contributed by atoms with E-state index < -0.39 is 0 Å². The van der Waals surface area contributed by atoms with Crippen molar-refractivity contribution in [1.29, 1.82) is 0 Å². The number of thiazole rings is 1. The maximum Gasteiger partial charge on any atom is 0.185 e. The molecule has 0 N–H and O–H groups in total. The van der Waals surface area contributed by atoms with Gasteiger partial charge in [-0.3, -0.25) is 0 Å². The molecule has 0 fully saturated rings. The zero-order valence-corrected chi connectivity index (χ0v) is 7.40. The number of hydrogen-bond donors (Lipinski definition) is 0. The van der Waals surface area contributed by atoms with Gasteiger partial charge in [0.1, 0.15) is 0 Å². The molecule has 1 rings (SSSR count). The number of hydrogen-bond acceptors (Lipinski definition) is 3. The fraction of sp³-hybridized carbons (Fsp3) is 0.571. The summed E-state index contributed by atoms with van der Waals surface area (Å²) in [6.07, 6.45) is 0. The second-order valence-electron chi connectivity index (χ2n) is 2.29. The van der Waals surface area contributed by atoms with Gasteiger partial charge >= 0.3 is 0 Å². The standard InChI is InChI=1S/C7H12N2S/c1-4-9(3)7-8-6(2)5-10-7/h5H,4H2,1-3H3. The smallest absolute Gasteiger partial charge is 0.185 e. The van der Waals surface area contributed by atoms with E-state index in [0.717, 1.165) is 17.4 Å². The topological polar surface area (TPSA) is 16.1 Å². The van der Waals surface area contributed by atoms with Crippen molar-refractivity contribution in [2.45, 2.75) is 13.8 Å². The van der Waals surface area contributed by atoms with Gasteiger partial charge in [-0.05, 0) is 13.8 Å². The first-order valence-electron chi connectivity index (χ1n) is 3.37. The number of rotatable bonds is 2. The number of aromatic nitrogens is 1. The lowest BCUT2D eigenvalue weighted by molar-refractivity contribution is 0.953. The van der Waals surface area contributed by atoms with Crippen molar-refractivity contribution in [2.75, 3.05) is 18.5 Å². The maximum absolute atomic E-state index is 4.33. The molecule has 0 bridgehead atoms. The molecule has 0 aromatic carbocycles. The van der Waals surface area contributed by atoms with Crippen molar-refractivity contribution in [1.82, 2.24) is 4.98 Å². The lowest BCUT2D eigenvalue weighted by atomic mass is 10.6. The highest BCUT2D eigenvalue weighted by atomic mass is 32.1. The molecule has 0 spiro atoms. The minimum atomic E-state index is 1.02. The van der Waals surface area contributed by atoms with E-state index >= 15 is 0 Å². The molecule has 1 aromatic heterocycles. The van der Waals surface area contributed by atoms with E-state index in [1.807, 2.05) is 6.92 Å². The predicted molar refractivity (Wildman–Crippen MR) is 45.8 cm³/mol. The summed E-state index contributed by atoms with van der Waals surface area (Å²) in [5.41, 5.74) is 1.11. The van der Waals surface area contributed by atoms with E-state index in [0.29, 0.717) is 0 Å². The van der Waals surface area contributed by atoms with Crippen LogP contribution in [0.5, 0.6) is 0 Å². The zero-order valence-electron chi connectivity index (χ0n) is 6.59. The van der Waals surface area contributed by atoms with E-state index in [1.165, 1.54) is 0 Å². The van der Waals surface area contributed by atoms with Gasteiger partial charge in [-0.2, -0.15) is 0 Å². The van der Waals surface area contributed by atoms with Crippen molar-refractivity contribution in [3.63, 3.8) is 0 Å². The Morgan fingerprint density at radius 2 is 2.40 bits per heavy atom. The van der Waals surface area contributed by atoms with Crippen molar-refractivity contribution < 1.29 is 0 Å². The van der Waals surface area contributed by atoms with Crippen LogP contribution in [0.1, 0.15) is 12.6 Å². The molecule has 10 heavy (non-hydrogen) atoms. The highest BCUT2D eigenvalue weighted by molar-refractivity contribution is 7.13. The third kappa shape index (κ3) is 1.48. The van der Waals surface area contributed by atoms with E-state index in [-0.39, 0.29) is 0 Å². The Labute approximate surface area is 65.5 Å². The number of aryl methyl sites for hydroxylation is 1. The van der Waals surface area contributed by atoms with Crippen molar-refractivity contribution in [3.8, 4) is 0 Å². The van der Waals surface area contributed by atoms with Crippen LogP contribution in [0.2, 0.25) is 0 Å². The molecule has 0 aliphatic rings. The van der Waals surface area contributed by atoms with Crippen LogP contribution in [0.4, 0.5) is 5.13 Å². The minimum Gasteiger partial charge on any atom is -0.351 e. The van der Waals surface area contributed by atoms with Crippen LogP contribution in [0.15, 0.2) is 5.38 Å². The Morgan fingerprint density at radius 3 is 2.80 bits per heavy atom. The summed E-state index contributed by atoms with van der Waals surface area (Å²) in [5.74, 6) is 0. The highest BCUT2D eigenvalue weighted by Crippen LogP contribution is 2.17. The molecule has 2 nitrogen and oxygen atoms in total. The number of anilines is 1. The van der Waals surface area contributed by atoms with Gasteiger partial charge in [0.05, 0.1) is 5.69 Å². The summed E-state index contributed by atoms with van der Waals surface area (Å²) >= 11 is 1.70. The molecule has 3 heteroatoms. The monoisotopic (exact) mass is 156 g/mol. The van der Waals surface area contributed by atoms with E-state index in [9.17, 15) is 0 Å². The second kappa shape index (κ2) is 3.01. The largest absolute Gasteiger partial charge is 0.351 e. The van der Waals surface area contributed by atoms with Gasteiger partial charge in [-0.1, -0.05) is 0 Å². The lowest BCUT2D eigenvalue weighted by Gasteiger charge is -2.10. The normalized spacial score (nSPS) is 9.90. The first-order valence-corrected chi connectivity index (χ1v) is 4.25. The van der Waals surface area contributed by atoms with Gasteiger partial charge in [0.2, 0.25) is 0 Å². The van der Waals surface area contributed by atoms with Crippen LogP contribution >= 0.6 is 11.3 Å². The van der Waals surface area contributed by atoms with Crippen LogP contribution in [0.25, 0.3) is 0 Å². The fourth-order valence-corrected chi connectivity index (χ4v) is 1.49. The Morgan fingerprint density at radius 1 is 1.70 bits per heavy atom. The Balaban J connectivity index is 2.74. The van der Waals surface area contributed by atoms with Gasteiger partial charge in [0.25, 0.3) is 0 Å². The Kier molecular flexibility index (Phi) is 2.27. The quantitative estimate of drug-likeness (QED) is 0.650. The van der Waals surface area contributed by atoms with Gasteiger partial charge in [0, 0.05) is 19.0 Å². The van der Waals surface area contributed by atoms with Crippen molar-refractivity contribution in [2.24, 2.45) is 0 Å². The minimum absolute atomic E-state index is 1.02. The molecule has 0 unspecified atom stereocenters. The summed E-state index contributed by atoms with van der Waals surface area (Å²) in [7, 11) is 2.05. The molecular weight excluding hydrogens is 144 g/mol. The summed E-state index contributed by atoms with van der Waals surface area (Å²) in [6.45, 7) is 5.16. The molecular formula is C7H12N2S. The Hall–Kier alpha value is -0.570. The molecule has 0 saturated carbocycles. The van der Waals surface area contributed by atoms with Gasteiger partial charge < -0.3 is 4.90 Å². The van der Waals surface area contributed by atoms with Crippen LogP contribution in [0.3, 0.4) is 0 Å². The molecule has 0 saturated heterocycles. The summed E-state index contributed by atoms with van der Waals surface area (Å²) in [5, 5.41) is 3.18. The van der Waals surface area contributed by atoms with Gasteiger partial charge in [0.15, 0.2) is 5.13 Å². The molecule has 1 heterocycles. The van der Waals surface area contributed by atoms with Crippen LogP contribution in [-0.2, 0) is 0 Å². The second-order valence-corrected chi connectivity index (χ2v) is 3.12. The fourth-order valence-electron chi connectivity index (χ4n) is 0.652. The SMILES string of the molecule is CCN(C)c1nc(C)cs1. The number of nitrogens with zero attached hydrogens (tertiary/aromatic N) is 2. The molecule has 0 atom stereocenters. The highest BCUT2D eigenvalue weighted by Gasteiger charge is 2.00. The average molecular weight is 156 g/mol. The lowest BCUT2D eigenvalue weighted by Crippen LogP contribution is -2.15. The molecule has 1 aromatic rings. The summed E-state index contributed by atoms with van der Waals surface area (Å²) < 4.78 is 0. The van der Waals surface area contributed by atoms with E-state index in [1.54, 1.807) is 11.3 Å². The van der Waals surface area contributed by atoms with E-state index in [2.05, 4.69) is 29.2 Å². The van der Waals surface area contributed by atoms with Crippen LogP contribution in [-0.4, -0.2) is 18.6 Å². The molecule has 56 valence electrons. The van der Waals surface area contributed by atoms with Crippen molar-refractivity contribution in [3.05, 3.63) is 11.1 Å². The average Bonchev–Trinajstić information content (AvgIpc) is 2.34. The Bertz CT molecular complexity index is 207. The predicted octanol–water partition coefficient (Wildman–Crippen LogP) is 1.91. The van der Waals surface area contributed by atoms with Crippen LogP contribution in [0, 0.1) is 6.92 Å². The first-order chi connectivity index (χ1) is 4.74. The van der Waals surface area contributed by atoms with Gasteiger partial charge in [-0.15, -0.1) is 11.3 Å². The third-order valence-electron chi connectivity index (χ3n) is 1.41. The van der Waals surface area contributed by atoms with Gasteiger partial charge in [-0.25, -0.2) is 4.98 Å². The summed E-state index contributed by atoms with van der Waals surface area (Å²) in [4.78, 5) is 6.46. The molecule has 0 amide bonds. The zero-order chi connectivity index (χ0) is 7.56. The van der Waals surface area contributed by atoms with Crippen LogP contribution < -0.4 is 4.90 Å². The third-order valence-corrected chi connectivity index (χ3v) is 2.48.